The van der Waals surface area contributed by atoms with E-state index >= 15 is 0 Å². The van der Waals surface area contributed by atoms with Gasteiger partial charge in [-0.05, 0) is 35.6 Å². The smallest absolute Gasteiger partial charge is 0.236 e. The van der Waals surface area contributed by atoms with Crippen molar-refractivity contribution < 1.29 is 13.2 Å². The van der Waals surface area contributed by atoms with E-state index in [0.29, 0.717) is 22.4 Å². The molecular formula is C25H27NO3S. The van der Waals surface area contributed by atoms with Crippen molar-refractivity contribution in [3.8, 4) is 0 Å². The lowest BCUT2D eigenvalue weighted by Crippen LogP contribution is -2.15. The van der Waals surface area contributed by atoms with E-state index in [9.17, 15) is 13.2 Å². The van der Waals surface area contributed by atoms with Crippen LogP contribution in [-0.4, -0.2) is 14.2 Å². The molecule has 0 aliphatic heterocycles. The summed E-state index contributed by atoms with van der Waals surface area (Å²) in [6.07, 6.45) is 0. The second-order valence-electron chi connectivity index (χ2n) is 8.58. The van der Waals surface area contributed by atoms with Crippen LogP contribution in [0.5, 0.6) is 0 Å². The maximum absolute atomic E-state index is 12.9. The maximum Gasteiger partial charge on any atom is 0.236 e. The summed E-state index contributed by atoms with van der Waals surface area (Å²) in [5, 5.41) is 0. The quantitative estimate of drug-likeness (QED) is 0.537. The monoisotopic (exact) mass is 421 g/mol. The summed E-state index contributed by atoms with van der Waals surface area (Å²) < 4.78 is 27.7. The third kappa shape index (κ3) is 5.57. The molecular weight excluding hydrogens is 394 g/mol. The molecule has 0 fully saturated rings. The van der Waals surface area contributed by atoms with Gasteiger partial charge in [0.2, 0.25) is 10.0 Å². The van der Waals surface area contributed by atoms with Gasteiger partial charge in [-0.25, -0.2) is 8.42 Å². The van der Waals surface area contributed by atoms with Crippen LogP contribution in [0.15, 0.2) is 72.8 Å². The molecule has 30 heavy (non-hydrogen) atoms. The summed E-state index contributed by atoms with van der Waals surface area (Å²) in [4.78, 5) is 12.9. The number of carbonyl (C=O) groups is 1. The Balaban J connectivity index is 1.76. The highest BCUT2D eigenvalue weighted by molar-refractivity contribution is 7.91. The molecule has 0 aliphatic carbocycles. The summed E-state index contributed by atoms with van der Waals surface area (Å²) in [6, 6.07) is 21.5. The molecule has 4 nitrogen and oxygen atoms in total. The normalized spacial score (nSPS) is 11.9. The van der Waals surface area contributed by atoms with E-state index in [1.54, 1.807) is 36.4 Å². The Morgan fingerprint density at radius 1 is 0.867 bits per heavy atom. The number of nitrogens with one attached hydrogen (secondary N) is 1. The van der Waals surface area contributed by atoms with Crippen LogP contribution in [0.1, 0.15) is 53.4 Å². The van der Waals surface area contributed by atoms with E-state index in [1.807, 2.05) is 43.3 Å². The van der Waals surface area contributed by atoms with Crippen LogP contribution in [0.4, 0.5) is 5.69 Å². The molecule has 0 heterocycles. The fourth-order valence-electron chi connectivity index (χ4n) is 3.13. The summed E-state index contributed by atoms with van der Waals surface area (Å²) in [5.74, 6) is -0.269. The number of anilines is 1. The predicted octanol–water partition coefficient (Wildman–Crippen LogP) is 5.47. The molecule has 0 saturated carbocycles. The number of ketones is 1. The number of sulfonamides is 1. The van der Waals surface area contributed by atoms with E-state index in [2.05, 4.69) is 25.5 Å². The lowest BCUT2D eigenvalue weighted by molar-refractivity contribution is 0.103. The van der Waals surface area contributed by atoms with Crippen LogP contribution < -0.4 is 4.72 Å². The largest absolute Gasteiger partial charge is 0.289 e. The van der Waals surface area contributed by atoms with Gasteiger partial charge in [-0.1, -0.05) is 87.0 Å². The van der Waals surface area contributed by atoms with Crippen molar-refractivity contribution in [1.29, 1.82) is 0 Å². The van der Waals surface area contributed by atoms with Crippen LogP contribution in [-0.2, 0) is 21.2 Å². The van der Waals surface area contributed by atoms with Crippen molar-refractivity contribution in [3.05, 3.63) is 101 Å². The Labute approximate surface area is 179 Å². The topological polar surface area (TPSA) is 63.2 Å². The van der Waals surface area contributed by atoms with Gasteiger partial charge in [0.15, 0.2) is 5.78 Å². The molecule has 3 aromatic carbocycles. The Bertz CT molecular complexity index is 1140. The summed E-state index contributed by atoms with van der Waals surface area (Å²) >= 11 is 0. The fraction of sp³-hybridized carbons (Fsp3) is 0.240. The van der Waals surface area contributed by atoms with Gasteiger partial charge in [0.05, 0.1) is 5.75 Å². The highest BCUT2D eigenvalue weighted by atomic mass is 32.2. The highest BCUT2D eigenvalue weighted by Gasteiger charge is 2.16. The molecule has 0 saturated heterocycles. The molecule has 3 aromatic rings. The number of benzene rings is 3. The molecule has 0 amide bonds. The summed E-state index contributed by atoms with van der Waals surface area (Å²) in [6.45, 7) is 8.32. The Morgan fingerprint density at radius 2 is 1.50 bits per heavy atom. The summed E-state index contributed by atoms with van der Waals surface area (Å²) in [7, 11) is -3.59. The zero-order chi connectivity index (χ0) is 21.9. The maximum atomic E-state index is 12.9. The number of hydrogen-bond acceptors (Lipinski definition) is 3. The number of carbonyl (C=O) groups excluding carboxylic acids is 1. The third-order valence-electron chi connectivity index (χ3n) is 4.89. The average molecular weight is 422 g/mol. The van der Waals surface area contributed by atoms with Crippen LogP contribution in [0.3, 0.4) is 0 Å². The van der Waals surface area contributed by atoms with Crippen molar-refractivity contribution in [2.24, 2.45) is 0 Å². The molecule has 0 bridgehead atoms. The SMILES string of the molecule is Cc1ccc(CS(=O)(=O)Nc2cccc(C(=O)c3ccc(C(C)(C)C)cc3)c2)cc1. The third-order valence-corrected chi connectivity index (χ3v) is 6.15. The molecule has 0 aromatic heterocycles. The minimum Gasteiger partial charge on any atom is -0.289 e. The fourth-order valence-corrected chi connectivity index (χ4v) is 4.32. The van der Waals surface area contributed by atoms with E-state index < -0.39 is 10.0 Å². The lowest BCUT2D eigenvalue weighted by Gasteiger charge is -2.19. The second-order valence-corrected chi connectivity index (χ2v) is 10.3. The van der Waals surface area contributed by atoms with Crippen molar-refractivity contribution in [3.63, 3.8) is 0 Å². The van der Waals surface area contributed by atoms with Gasteiger partial charge in [-0.3, -0.25) is 9.52 Å². The Morgan fingerprint density at radius 3 is 2.10 bits per heavy atom. The van der Waals surface area contributed by atoms with Gasteiger partial charge in [0.1, 0.15) is 0 Å². The van der Waals surface area contributed by atoms with Gasteiger partial charge >= 0.3 is 0 Å². The molecule has 0 spiro atoms. The minimum atomic E-state index is -3.59. The zero-order valence-electron chi connectivity index (χ0n) is 17.8. The van der Waals surface area contributed by atoms with Gasteiger partial charge in [-0.2, -0.15) is 0 Å². The first kappa shape index (κ1) is 21.8. The van der Waals surface area contributed by atoms with E-state index in [0.717, 1.165) is 11.1 Å². The van der Waals surface area contributed by atoms with Crippen molar-refractivity contribution in [2.45, 2.75) is 38.9 Å². The van der Waals surface area contributed by atoms with Gasteiger partial charge in [-0.15, -0.1) is 0 Å². The first-order chi connectivity index (χ1) is 14.0. The lowest BCUT2D eigenvalue weighted by atomic mass is 9.86. The Kier molecular flexibility index (Phi) is 6.13. The van der Waals surface area contributed by atoms with Crippen LogP contribution in [0.25, 0.3) is 0 Å². The molecule has 0 radical (unpaired) electrons. The molecule has 156 valence electrons. The van der Waals surface area contributed by atoms with E-state index in [1.165, 1.54) is 0 Å². The minimum absolute atomic E-state index is 0.0111. The molecule has 0 atom stereocenters. The number of aryl methyl sites for hydroxylation is 1. The molecule has 5 heteroatoms. The zero-order valence-corrected chi connectivity index (χ0v) is 18.6. The molecule has 0 unspecified atom stereocenters. The Hall–Kier alpha value is -2.92. The van der Waals surface area contributed by atoms with E-state index in [-0.39, 0.29) is 17.0 Å². The van der Waals surface area contributed by atoms with Crippen LogP contribution in [0.2, 0.25) is 0 Å². The standard InChI is InChI=1S/C25H27NO3S/c1-18-8-10-19(11-9-18)17-30(28,29)26-23-7-5-6-21(16-23)24(27)20-12-14-22(15-13-20)25(2,3)4/h5-16,26H,17H2,1-4H3. The highest BCUT2D eigenvalue weighted by Crippen LogP contribution is 2.23. The van der Waals surface area contributed by atoms with E-state index in [4.69, 9.17) is 0 Å². The van der Waals surface area contributed by atoms with Crippen LogP contribution >= 0.6 is 0 Å². The van der Waals surface area contributed by atoms with Crippen molar-refractivity contribution in [1.82, 2.24) is 0 Å². The van der Waals surface area contributed by atoms with Gasteiger partial charge < -0.3 is 0 Å². The van der Waals surface area contributed by atoms with Crippen molar-refractivity contribution in [2.75, 3.05) is 4.72 Å². The summed E-state index contributed by atoms with van der Waals surface area (Å²) in [5.41, 5.74) is 4.33. The molecule has 0 aliphatic rings. The molecule has 3 rings (SSSR count). The van der Waals surface area contributed by atoms with Crippen molar-refractivity contribution >= 4 is 21.5 Å². The van der Waals surface area contributed by atoms with Crippen LogP contribution in [0, 0.1) is 6.92 Å². The first-order valence-electron chi connectivity index (χ1n) is 9.85. The second kappa shape index (κ2) is 8.44. The average Bonchev–Trinajstić information content (AvgIpc) is 2.68. The number of hydrogen-bond donors (Lipinski definition) is 1. The molecule has 1 N–H and O–H groups in total. The number of rotatable bonds is 6. The van der Waals surface area contributed by atoms with Gasteiger partial charge in [0, 0.05) is 16.8 Å². The van der Waals surface area contributed by atoms with Gasteiger partial charge in [0.25, 0.3) is 0 Å². The first-order valence-corrected chi connectivity index (χ1v) is 11.5. The predicted molar refractivity (Wildman–Crippen MR) is 122 cm³/mol.